The fourth-order valence-electron chi connectivity index (χ4n) is 6.32. The highest BCUT2D eigenvalue weighted by Crippen LogP contribution is 2.56. The van der Waals surface area contributed by atoms with Gasteiger partial charge in [0.15, 0.2) is 0 Å². The molecule has 0 heterocycles. The number of methoxy groups -OCH3 is 2. The smallest absolute Gasteiger partial charge is 0.0718 e. The van der Waals surface area contributed by atoms with Gasteiger partial charge in [-0.15, -0.1) is 0 Å². The van der Waals surface area contributed by atoms with Crippen LogP contribution in [0, 0.1) is 13.8 Å². The minimum Gasteiger partial charge on any atom is -0.382 e. The normalized spacial score (nSPS) is 13.1. The van der Waals surface area contributed by atoms with Crippen molar-refractivity contribution in [3.63, 3.8) is 0 Å². The number of benzene rings is 4. The SMILES string of the molecule is COCCOCCOCCc1ccc(C2(c3ccc(COCCOCCOC)cc3)c3cc(C)ccc3-c3ccc(C)cc32)cc1. The maximum absolute atomic E-state index is 5.91. The van der Waals surface area contributed by atoms with Crippen molar-refractivity contribution in [3.05, 3.63) is 129 Å². The van der Waals surface area contributed by atoms with Crippen molar-refractivity contribution in [2.45, 2.75) is 32.3 Å². The lowest BCUT2D eigenvalue weighted by Crippen LogP contribution is -2.29. The zero-order chi connectivity index (χ0) is 32.2. The highest BCUT2D eigenvalue weighted by molar-refractivity contribution is 5.86. The second-order valence-corrected chi connectivity index (χ2v) is 11.9. The highest BCUT2D eigenvalue weighted by atomic mass is 16.5. The van der Waals surface area contributed by atoms with Crippen LogP contribution in [-0.2, 0) is 46.9 Å². The van der Waals surface area contributed by atoms with E-state index in [2.05, 4.69) is 98.8 Å². The molecule has 0 saturated heterocycles. The molecule has 0 saturated carbocycles. The average molecular weight is 625 g/mol. The summed E-state index contributed by atoms with van der Waals surface area (Å²) in [5, 5.41) is 0. The molecule has 0 aromatic heterocycles. The predicted molar refractivity (Wildman–Crippen MR) is 183 cm³/mol. The van der Waals surface area contributed by atoms with E-state index in [1.165, 1.54) is 50.1 Å². The summed E-state index contributed by atoms with van der Waals surface area (Å²) in [4.78, 5) is 0. The summed E-state index contributed by atoms with van der Waals surface area (Å²) in [5.74, 6) is 0. The zero-order valence-electron chi connectivity index (χ0n) is 27.8. The van der Waals surface area contributed by atoms with Crippen LogP contribution < -0.4 is 0 Å². The Morgan fingerprint density at radius 1 is 0.457 bits per heavy atom. The van der Waals surface area contributed by atoms with Crippen molar-refractivity contribution in [2.75, 3.05) is 73.7 Å². The van der Waals surface area contributed by atoms with Gasteiger partial charge in [0.2, 0.25) is 0 Å². The largest absolute Gasteiger partial charge is 0.382 e. The number of fused-ring (bicyclic) bond motifs is 3. The summed E-state index contributed by atoms with van der Waals surface area (Å²) in [5.41, 5.74) is 12.2. The molecule has 0 aliphatic heterocycles. The Labute approximate surface area is 274 Å². The van der Waals surface area contributed by atoms with E-state index >= 15 is 0 Å². The van der Waals surface area contributed by atoms with E-state index in [9.17, 15) is 0 Å². The van der Waals surface area contributed by atoms with Crippen molar-refractivity contribution in [2.24, 2.45) is 0 Å². The maximum atomic E-state index is 5.91. The number of hydrogen-bond donors (Lipinski definition) is 0. The first-order valence-electron chi connectivity index (χ1n) is 16.3. The Balaban J connectivity index is 1.40. The molecule has 46 heavy (non-hydrogen) atoms. The molecule has 0 spiro atoms. The van der Waals surface area contributed by atoms with Crippen LogP contribution >= 0.6 is 0 Å². The van der Waals surface area contributed by atoms with Gasteiger partial charge in [0.1, 0.15) is 0 Å². The van der Waals surface area contributed by atoms with Crippen LogP contribution in [-0.4, -0.2) is 73.7 Å². The first kappa shape index (κ1) is 34.0. The lowest BCUT2D eigenvalue weighted by Gasteiger charge is -2.34. The predicted octanol–water partition coefficient (Wildman–Crippen LogP) is 7.07. The molecule has 0 bridgehead atoms. The van der Waals surface area contributed by atoms with Crippen molar-refractivity contribution in [3.8, 4) is 11.1 Å². The van der Waals surface area contributed by atoms with E-state index in [4.69, 9.17) is 28.4 Å². The number of hydrogen-bond acceptors (Lipinski definition) is 6. The van der Waals surface area contributed by atoms with Gasteiger partial charge in [0.05, 0.1) is 71.5 Å². The Kier molecular flexibility index (Phi) is 12.5. The summed E-state index contributed by atoms with van der Waals surface area (Å²) >= 11 is 0. The van der Waals surface area contributed by atoms with Crippen LogP contribution in [0.15, 0.2) is 84.9 Å². The summed E-state index contributed by atoms with van der Waals surface area (Å²) in [7, 11) is 3.35. The van der Waals surface area contributed by atoms with E-state index < -0.39 is 5.41 Å². The van der Waals surface area contributed by atoms with Gasteiger partial charge in [-0.25, -0.2) is 0 Å². The molecule has 1 aliphatic carbocycles. The van der Waals surface area contributed by atoms with Gasteiger partial charge in [-0.3, -0.25) is 0 Å². The molecule has 244 valence electrons. The Morgan fingerprint density at radius 2 is 0.891 bits per heavy atom. The molecule has 6 heteroatoms. The van der Waals surface area contributed by atoms with Gasteiger partial charge in [-0.2, -0.15) is 0 Å². The van der Waals surface area contributed by atoms with Crippen molar-refractivity contribution < 1.29 is 28.4 Å². The molecule has 1 aliphatic rings. The van der Waals surface area contributed by atoms with Gasteiger partial charge < -0.3 is 28.4 Å². The highest BCUT2D eigenvalue weighted by Gasteiger charge is 2.46. The lowest BCUT2D eigenvalue weighted by atomic mass is 9.67. The summed E-state index contributed by atoms with van der Waals surface area (Å²) < 4.78 is 32.8. The Morgan fingerprint density at radius 3 is 1.39 bits per heavy atom. The second kappa shape index (κ2) is 17.0. The number of rotatable bonds is 19. The first-order valence-corrected chi connectivity index (χ1v) is 16.3. The van der Waals surface area contributed by atoms with Gasteiger partial charge >= 0.3 is 0 Å². The van der Waals surface area contributed by atoms with Crippen LogP contribution in [0.4, 0.5) is 0 Å². The third-order valence-corrected chi connectivity index (χ3v) is 8.63. The molecular weight excluding hydrogens is 576 g/mol. The first-order chi connectivity index (χ1) is 22.6. The van der Waals surface area contributed by atoms with Gasteiger partial charge in [0, 0.05) is 14.2 Å². The number of aryl methyl sites for hydroxylation is 2. The van der Waals surface area contributed by atoms with E-state index in [1.807, 2.05) is 0 Å². The lowest BCUT2D eigenvalue weighted by molar-refractivity contribution is 0.0199. The fourth-order valence-corrected chi connectivity index (χ4v) is 6.32. The topological polar surface area (TPSA) is 55.4 Å². The molecule has 4 aromatic rings. The third kappa shape index (κ3) is 7.95. The summed E-state index contributed by atoms with van der Waals surface area (Å²) in [6.07, 6.45) is 0.850. The fraction of sp³-hybridized carbons (Fsp3) is 0.400. The Bertz CT molecular complexity index is 1460. The molecule has 0 radical (unpaired) electrons. The van der Waals surface area contributed by atoms with E-state index in [0.717, 1.165) is 12.0 Å². The summed E-state index contributed by atoms with van der Waals surface area (Å²) in [6.45, 7) is 10.2. The van der Waals surface area contributed by atoms with Crippen molar-refractivity contribution >= 4 is 0 Å². The molecule has 0 fully saturated rings. The van der Waals surface area contributed by atoms with E-state index in [0.29, 0.717) is 66.1 Å². The minimum absolute atomic E-state index is 0.439. The molecule has 0 N–H and O–H groups in total. The molecule has 4 aromatic carbocycles. The van der Waals surface area contributed by atoms with Crippen LogP contribution in [0.3, 0.4) is 0 Å². The van der Waals surface area contributed by atoms with Crippen molar-refractivity contribution in [1.82, 2.24) is 0 Å². The molecule has 0 atom stereocenters. The summed E-state index contributed by atoms with van der Waals surface area (Å²) in [6, 6.07) is 31.9. The maximum Gasteiger partial charge on any atom is 0.0718 e. The zero-order valence-corrected chi connectivity index (χ0v) is 27.8. The number of ether oxygens (including phenoxy) is 6. The quantitative estimate of drug-likeness (QED) is 0.0917. The van der Waals surface area contributed by atoms with E-state index in [1.54, 1.807) is 14.2 Å². The second-order valence-electron chi connectivity index (χ2n) is 11.9. The Hall–Kier alpha value is -3.36. The van der Waals surface area contributed by atoms with Gasteiger partial charge in [0.25, 0.3) is 0 Å². The van der Waals surface area contributed by atoms with E-state index in [-0.39, 0.29) is 0 Å². The molecule has 5 rings (SSSR count). The van der Waals surface area contributed by atoms with Gasteiger partial charge in [-0.1, -0.05) is 96.1 Å². The van der Waals surface area contributed by atoms with Crippen LogP contribution in [0.1, 0.15) is 44.5 Å². The van der Waals surface area contributed by atoms with Crippen molar-refractivity contribution in [1.29, 1.82) is 0 Å². The van der Waals surface area contributed by atoms with Crippen LogP contribution in [0.5, 0.6) is 0 Å². The van der Waals surface area contributed by atoms with Crippen LogP contribution in [0.2, 0.25) is 0 Å². The van der Waals surface area contributed by atoms with Crippen LogP contribution in [0.25, 0.3) is 11.1 Å². The molecular formula is C40H48O6. The monoisotopic (exact) mass is 624 g/mol. The molecule has 0 unspecified atom stereocenters. The third-order valence-electron chi connectivity index (χ3n) is 8.63. The molecule has 0 amide bonds. The van der Waals surface area contributed by atoms with Gasteiger partial charge in [-0.05, 0) is 64.8 Å². The minimum atomic E-state index is -0.439. The standard InChI is InChI=1S/C40H48O6/c1-30-5-15-36-37-16-6-31(2)28-39(37)40(38(36)27-30,35-13-9-33(10-14-35)29-46-26-25-45-22-20-42-4)34-11-7-32(8-12-34)17-18-43-23-24-44-21-19-41-3/h5-16,27-28H,17-26,29H2,1-4H3. The average Bonchev–Trinajstić information content (AvgIpc) is 3.35. The molecule has 6 nitrogen and oxygen atoms in total.